The first-order valence-electron chi connectivity index (χ1n) is 7.92. The highest BCUT2D eigenvalue weighted by atomic mass is 16.2. The second kappa shape index (κ2) is 6.49. The van der Waals surface area contributed by atoms with Crippen molar-refractivity contribution >= 4 is 11.6 Å². The van der Waals surface area contributed by atoms with Gasteiger partial charge in [0.2, 0.25) is 0 Å². The summed E-state index contributed by atoms with van der Waals surface area (Å²) in [6.07, 6.45) is 10.7. The Hall–Kier alpha value is -0.920. The molecule has 0 saturated heterocycles. The van der Waals surface area contributed by atoms with Gasteiger partial charge in [-0.3, -0.25) is 9.59 Å². The minimum Gasteiger partial charge on any atom is -0.299 e. The summed E-state index contributed by atoms with van der Waals surface area (Å²) in [6.45, 7) is 4.32. The predicted molar refractivity (Wildman–Crippen MR) is 76.9 cm³/mol. The third kappa shape index (κ3) is 3.16. The first kappa shape index (κ1) is 14.5. The Morgan fingerprint density at radius 3 is 2.68 bits per heavy atom. The molecule has 0 heterocycles. The van der Waals surface area contributed by atoms with E-state index in [1.165, 1.54) is 25.7 Å². The van der Waals surface area contributed by atoms with Crippen LogP contribution in [-0.2, 0) is 9.59 Å². The topological polar surface area (TPSA) is 34.1 Å². The molecule has 0 aliphatic heterocycles. The molecule has 0 aromatic rings. The van der Waals surface area contributed by atoms with Gasteiger partial charge in [0.15, 0.2) is 5.78 Å². The average molecular weight is 262 g/mol. The van der Waals surface area contributed by atoms with Gasteiger partial charge in [0.25, 0.3) is 0 Å². The number of unbranched alkanes of at least 4 members (excludes halogenated alkanes) is 3. The quantitative estimate of drug-likeness (QED) is 0.552. The van der Waals surface area contributed by atoms with E-state index in [9.17, 15) is 9.59 Å². The molecule has 1 saturated carbocycles. The van der Waals surface area contributed by atoms with Gasteiger partial charge in [0, 0.05) is 6.42 Å². The number of hydrogen-bond donors (Lipinski definition) is 0. The lowest BCUT2D eigenvalue weighted by Crippen LogP contribution is -2.36. The van der Waals surface area contributed by atoms with Gasteiger partial charge in [-0.25, -0.2) is 0 Å². The zero-order chi connectivity index (χ0) is 13.8. The van der Waals surface area contributed by atoms with E-state index in [1.54, 1.807) is 0 Å². The van der Waals surface area contributed by atoms with Crippen LogP contribution in [0.25, 0.3) is 0 Å². The fourth-order valence-electron chi connectivity index (χ4n) is 3.59. The van der Waals surface area contributed by atoms with Crippen LogP contribution in [0.3, 0.4) is 0 Å². The molecule has 2 rings (SSSR count). The Bertz CT molecular complexity index is 381. The molecule has 0 amide bonds. The minimum absolute atomic E-state index is 0.139. The molecule has 0 unspecified atom stereocenters. The molecule has 2 nitrogen and oxygen atoms in total. The number of ketones is 2. The van der Waals surface area contributed by atoms with Crippen LogP contribution in [0.2, 0.25) is 0 Å². The number of rotatable bonds is 5. The summed E-state index contributed by atoms with van der Waals surface area (Å²) in [5.74, 6) is 0.665. The Kier molecular flexibility index (Phi) is 4.95. The van der Waals surface area contributed by atoms with Crippen LogP contribution in [0, 0.1) is 17.8 Å². The molecule has 3 atom stereocenters. The molecule has 1 fully saturated rings. The summed E-state index contributed by atoms with van der Waals surface area (Å²) in [4.78, 5) is 24.4. The zero-order valence-corrected chi connectivity index (χ0v) is 12.3. The van der Waals surface area contributed by atoms with Gasteiger partial charge in [0.05, 0.1) is 5.92 Å². The second-order valence-electron chi connectivity index (χ2n) is 6.23. The summed E-state index contributed by atoms with van der Waals surface area (Å²) in [5.41, 5.74) is 0.953. The Morgan fingerprint density at radius 2 is 1.95 bits per heavy atom. The molecule has 2 bridgehead atoms. The van der Waals surface area contributed by atoms with Gasteiger partial charge >= 0.3 is 0 Å². The molecule has 0 N–H and O–H groups in total. The van der Waals surface area contributed by atoms with Crippen molar-refractivity contribution in [3.05, 3.63) is 11.6 Å². The maximum atomic E-state index is 12.3. The Labute approximate surface area is 116 Å². The summed E-state index contributed by atoms with van der Waals surface area (Å²) < 4.78 is 0. The lowest BCUT2D eigenvalue weighted by atomic mass is 9.70. The predicted octanol–water partition coefficient (Wildman–Crippen LogP) is 4.09. The normalized spacial score (nSPS) is 31.1. The molecular weight excluding hydrogens is 236 g/mol. The Balaban J connectivity index is 2.07. The van der Waals surface area contributed by atoms with Gasteiger partial charge in [-0.15, -0.1) is 0 Å². The number of allylic oxidation sites excluding steroid dienone is 2. The summed E-state index contributed by atoms with van der Waals surface area (Å²) in [5, 5.41) is 0. The van der Waals surface area contributed by atoms with Crippen LogP contribution in [0.4, 0.5) is 0 Å². The molecule has 106 valence electrons. The van der Waals surface area contributed by atoms with E-state index in [-0.39, 0.29) is 23.4 Å². The number of Topliss-reactive ketones (excluding diaryl/α,β-unsaturated/α-hetero) is 2. The molecule has 0 radical (unpaired) electrons. The van der Waals surface area contributed by atoms with E-state index in [1.807, 2.05) is 0 Å². The van der Waals surface area contributed by atoms with Crippen LogP contribution in [0.15, 0.2) is 11.6 Å². The third-order valence-corrected chi connectivity index (χ3v) is 4.82. The lowest BCUT2D eigenvalue weighted by Gasteiger charge is -2.32. The highest BCUT2D eigenvalue weighted by molar-refractivity contribution is 6.12. The molecular formula is C17H26O2. The standard InChI is InChI=1S/C17H26O2/c1-3-4-5-6-8-13-11-14-9-7-10-15(18)16(12(13)2)17(14)19/h11-13,16H,3-10H2,1-2H3/t12-,13-,16+/m1/s1. The van der Waals surface area contributed by atoms with Crippen molar-refractivity contribution in [1.29, 1.82) is 0 Å². The van der Waals surface area contributed by atoms with E-state index in [0.29, 0.717) is 12.3 Å². The SMILES string of the molecule is CCCCCC[C@@H]1C=C2CCCC(=O)[C@@H](C2=O)[C@@H]1C. The van der Waals surface area contributed by atoms with Crippen molar-refractivity contribution in [2.24, 2.45) is 17.8 Å². The van der Waals surface area contributed by atoms with Crippen LogP contribution in [0.5, 0.6) is 0 Å². The third-order valence-electron chi connectivity index (χ3n) is 4.82. The monoisotopic (exact) mass is 262 g/mol. The second-order valence-corrected chi connectivity index (χ2v) is 6.23. The maximum absolute atomic E-state index is 12.3. The van der Waals surface area contributed by atoms with E-state index in [2.05, 4.69) is 19.9 Å². The largest absolute Gasteiger partial charge is 0.299 e. The van der Waals surface area contributed by atoms with E-state index in [0.717, 1.165) is 24.8 Å². The van der Waals surface area contributed by atoms with Crippen LogP contribution in [-0.4, -0.2) is 11.6 Å². The summed E-state index contributed by atoms with van der Waals surface area (Å²) in [6, 6.07) is 0. The van der Waals surface area contributed by atoms with Crippen LogP contribution in [0.1, 0.15) is 65.2 Å². The highest BCUT2D eigenvalue weighted by Crippen LogP contribution is 2.39. The molecule has 0 aromatic carbocycles. The first-order valence-corrected chi connectivity index (χ1v) is 7.92. The van der Waals surface area contributed by atoms with Gasteiger partial charge in [-0.1, -0.05) is 45.6 Å². The summed E-state index contributed by atoms with van der Waals surface area (Å²) >= 11 is 0. The van der Waals surface area contributed by atoms with Gasteiger partial charge in [0.1, 0.15) is 5.78 Å². The van der Waals surface area contributed by atoms with E-state index >= 15 is 0 Å². The highest BCUT2D eigenvalue weighted by Gasteiger charge is 2.41. The zero-order valence-electron chi connectivity index (χ0n) is 12.3. The van der Waals surface area contributed by atoms with Crippen molar-refractivity contribution in [2.75, 3.05) is 0 Å². The molecule has 0 aromatic heterocycles. The van der Waals surface area contributed by atoms with E-state index < -0.39 is 0 Å². The molecule has 19 heavy (non-hydrogen) atoms. The number of hydrogen-bond acceptors (Lipinski definition) is 2. The van der Waals surface area contributed by atoms with E-state index in [4.69, 9.17) is 0 Å². The van der Waals surface area contributed by atoms with Gasteiger partial charge < -0.3 is 0 Å². The number of carbonyl (C=O) groups is 2. The van der Waals surface area contributed by atoms with Crippen LogP contribution < -0.4 is 0 Å². The number of fused-ring (bicyclic) bond motifs is 2. The van der Waals surface area contributed by atoms with Gasteiger partial charge in [-0.05, 0) is 36.7 Å². The summed E-state index contributed by atoms with van der Waals surface area (Å²) in [7, 11) is 0. The maximum Gasteiger partial charge on any atom is 0.169 e. The van der Waals surface area contributed by atoms with Gasteiger partial charge in [-0.2, -0.15) is 0 Å². The fraction of sp³-hybridized carbons (Fsp3) is 0.765. The van der Waals surface area contributed by atoms with Crippen molar-refractivity contribution < 1.29 is 9.59 Å². The van der Waals surface area contributed by atoms with Crippen molar-refractivity contribution in [2.45, 2.75) is 65.2 Å². The first-order chi connectivity index (χ1) is 9.15. The molecule has 2 aliphatic carbocycles. The smallest absolute Gasteiger partial charge is 0.169 e. The van der Waals surface area contributed by atoms with Crippen LogP contribution >= 0.6 is 0 Å². The lowest BCUT2D eigenvalue weighted by molar-refractivity contribution is -0.133. The average Bonchev–Trinajstić information content (AvgIpc) is 2.47. The van der Waals surface area contributed by atoms with Crippen molar-refractivity contribution in [3.8, 4) is 0 Å². The van der Waals surface area contributed by atoms with Crippen molar-refractivity contribution in [3.63, 3.8) is 0 Å². The molecule has 0 spiro atoms. The minimum atomic E-state index is -0.321. The number of carbonyl (C=O) groups excluding carboxylic acids is 2. The molecule has 2 heteroatoms. The van der Waals surface area contributed by atoms with Crippen molar-refractivity contribution in [1.82, 2.24) is 0 Å². The molecule has 2 aliphatic rings. The fourth-order valence-corrected chi connectivity index (χ4v) is 3.59. The Morgan fingerprint density at radius 1 is 1.16 bits per heavy atom.